The van der Waals surface area contributed by atoms with Crippen molar-refractivity contribution in [3.8, 4) is 10.7 Å². The normalized spacial score (nSPS) is 17.4. The van der Waals surface area contributed by atoms with Crippen LogP contribution in [0.4, 0.5) is 0 Å². The van der Waals surface area contributed by atoms with Crippen molar-refractivity contribution < 1.29 is 4.74 Å². The van der Waals surface area contributed by atoms with Crippen LogP contribution >= 0.6 is 23.1 Å². The highest BCUT2D eigenvalue weighted by atomic mass is 32.2. The van der Waals surface area contributed by atoms with E-state index in [1.807, 2.05) is 18.3 Å². The maximum atomic E-state index is 5.82. The molecule has 4 heterocycles. The largest absolute Gasteiger partial charge is 0.376 e. The van der Waals surface area contributed by atoms with E-state index in [9.17, 15) is 0 Å². The molecule has 0 N–H and O–H groups in total. The topological polar surface area (TPSA) is 52.8 Å². The molecule has 0 bridgehead atoms. The van der Waals surface area contributed by atoms with Crippen molar-refractivity contribution in [2.45, 2.75) is 36.4 Å². The third-order valence-corrected chi connectivity index (χ3v) is 5.86. The molecule has 1 saturated heterocycles. The average Bonchev–Trinajstić information content (AvgIpc) is 3.37. The number of aromatic nitrogens is 4. The van der Waals surface area contributed by atoms with Crippen LogP contribution in [0, 0.1) is 0 Å². The van der Waals surface area contributed by atoms with E-state index in [0.29, 0.717) is 0 Å². The molecule has 0 spiro atoms. The van der Waals surface area contributed by atoms with Crippen LogP contribution in [0.25, 0.3) is 10.7 Å². The van der Waals surface area contributed by atoms with Crippen LogP contribution in [0.5, 0.6) is 0 Å². The summed E-state index contributed by atoms with van der Waals surface area (Å²) < 4.78 is 8.04. The third-order valence-electron chi connectivity index (χ3n) is 3.96. The molecule has 124 valence electrons. The van der Waals surface area contributed by atoms with Crippen molar-refractivity contribution in [1.82, 2.24) is 19.7 Å². The Morgan fingerprint density at radius 3 is 3.04 bits per heavy atom. The summed E-state index contributed by atoms with van der Waals surface area (Å²) in [4.78, 5) is 5.32. The van der Waals surface area contributed by atoms with Crippen molar-refractivity contribution in [1.29, 1.82) is 0 Å². The minimum absolute atomic E-state index is 0.262. The van der Waals surface area contributed by atoms with E-state index < -0.39 is 0 Å². The molecular weight excluding hydrogens is 340 g/mol. The average molecular weight is 358 g/mol. The Kier molecular flexibility index (Phi) is 4.91. The molecule has 5 nitrogen and oxygen atoms in total. The van der Waals surface area contributed by atoms with E-state index in [-0.39, 0.29) is 6.10 Å². The van der Waals surface area contributed by atoms with Crippen molar-refractivity contribution in [3.05, 3.63) is 47.6 Å². The Hall–Kier alpha value is -1.70. The van der Waals surface area contributed by atoms with E-state index in [0.717, 1.165) is 47.6 Å². The van der Waals surface area contributed by atoms with Crippen LogP contribution in [-0.4, -0.2) is 32.5 Å². The highest BCUT2D eigenvalue weighted by Gasteiger charge is 2.22. The summed E-state index contributed by atoms with van der Waals surface area (Å²) in [5.74, 6) is 1.77. The first-order valence-electron chi connectivity index (χ1n) is 8.00. The van der Waals surface area contributed by atoms with Gasteiger partial charge in [-0.15, -0.1) is 21.5 Å². The maximum absolute atomic E-state index is 5.82. The van der Waals surface area contributed by atoms with Crippen LogP contribution in [0.3, 0.4) is 0 Å². The van der Waals surface area contributed by atoms with Crippen molar-refractivity contribution in [3.63, 3.8) is 0 Å². The van der Waals surface area contributed by atoms with Gasteiger partial charge in [-0.3, -0.25) is 9.55 Å². The van der Waals surface area contributed by atoms with Gasteiger partial charge in [-0.25, -0.2) is 0 Å². The summed E-state index contributed by atoms with van der Waals surface area (Å²) in [6.45, 7) is 1.68. The van der Waals surface area contributed by atoms with Gasteiger partial charge in [-0.2, -0.15) is 0 Å². The lowest BCUT2D eigenvalue weighted by molar-refractivity contribution is 0.0953. The van der Waals surface area contributed by atoms with Crippen LogP contribution in [0.2, 0.25) is 0 Å². The summed E-state index contributed by atoms with van der Waals surface area (Å²) in [5, 5.41) is 11.9. The Bertz CT molecular complexity index is 767. The van der Waals surface area contributed by atoms with E-state index in [2.05, 4.69) is 37.3 Å². The second-order valence-electron chi connectivity index (χ2n) is 5.68. The number of hydrogen-bond donors (Lipinski definition) is 0. The predicted octanol–water partition coefficient (Wildman–Crippen LogP) is 3.87. The number of nitrogens with zero attached hydrogens (tertiary/aromatic N) is 4. The molecule has 1 aliphatic rings. The predicted molar refractivity (Wildman–Crippen MR) is 96.1 cm³/mol. The lowest BCUT2D eigenvalue weighted by Crippen LogP contribution is -2.16. The number of rotatable bonds is 6. The van der Waals surface area contributed by atoms with Gasteiger partial charge in [-0.1, -0.05) is 23.9 Å². The van der Waals surface area contributed by atoms with Crippen molar-refractivity contribution in [2.75, 3.05) is 6.61 Å². The molecule has 0 saturated carbocycles. The van der Waals surface area contributed by atoms with Crippen LogP contribution < -0.4 is 0 Å². The SMILES string of the molecule is c1cncc(CSc2nnc(-c3cccs3)n2CC2CCCO2)c1. The molecular formula is C17H18N4OS2. The van der Waals surface area contributed by atoms with E-state index in [4.69, 9.17) is 4.74 Å². The number of pyridine rings is 1. The molecule has 0 radical (unpaired) electrons. The summed E-state index contributed by atoms with van der Waals surface area (Å²) in [6, 6.07) is 8.19. The Balaban J connectivity index is 1.58. The van der Waals surface area contributed by atoms with Gasteiger partial charge in [0.05, 0.1) is 17.5 Å². The molecule has 0 aromatic carbocycles. The third kappa shape index (κ3) is 3.53. The second kappa shape index (κ2) is 7.46. The van der Waals surface area contributed by atoms with Gasteiger partial charge in [0.1, 0.15) is 0 Å². The first-order valence-corrected chi connectivity index (χ1v) is 9.87. The summed E-state index contributed by atoms with van der Waals surface area (Å²) in [5.41, 5.74) is 1.19. The molecule has 1 fully saturated rings. The van der Waals surface area contributed by atoms with Crippen LogP contribution in [-0.2, 0) is 17.0 Å². The zero-order valence-corrected chi connectivity index (χ0v) is 14.8. The number of ether oxygens (including phenoxy) is 1. The zero-order valence-electron chi connectivity index (χ0n) is 13.2. The fourth-order valence-corrected chi connectivity index (χ4v) is 4.37. The monoisotopic (exact) mass is 358 g/mol. The van der Waals surface area contributed by atoms with Crippen molar-refractivity contribution >= 4 is 23.1 Å². The van der Waals surface area contributed by atoms with Gasteiger partial charge in [0.25, 0.3) is 0 Å². The molecule has 1 unspecified atom stereocenters. The van der Waals surface area contributed by atoms with Gasteiger partial charge < -0.3 is 4.74 Å². The molecule has 3 aromatic rings. The van der Waals surface area contributed by atoms with Crippen molar-refractivity contribution in [2.24, 2.45) is 0 Å². The van der Waals surface area contributed by atoms with Gasteiger partial charge in [0.15, 0.2) is 11.0 Å². The van der Waals surface area contributed by atoms with Gasteiger partial charge in [-0.05, 0) is 35.9 Å². The molecule has 1 aliphatic heterocycles. The fraction of sp³-hybridized carbons (Fsp3) is 0.353. The highest BCUT2D eigenvalue weighted by Crippen LogP contribution is 2.30. The molecule has 3 aromatic heterocycles. The second-order valence-corrected chi connectivity index (χ2v) is 7.57. The standard InChI is InChI=1S/C17H18N4OS2/c1-4-13(10-18-7-1)12-24-17-20-19-16(15-6-3-9-23-15)21(17)11-14-5-2-8-22-14/h1,3-4,6-7,9-10,14H,2,5,8,11-12H2. The molecule has 4 rings (SSSR count). The Labute approximate surface area is 149 Å². The van der Waals surface area contributed by atoms with Gasteiger partial charge in [0, 0.05) is 24.8 Å². The van der Waals surface area contributed by atoms with Gasteiger partial charge in [0.2, 0.25) is 0 Å². The summed E-state index contributed by atoms with van der Waals surface area (Å²) in [6.07, 6.45) is 6.20. The summed E-state index contributed by atoms with van der Waals surface area (Å²) in [7, 11) is 0. The van der Waals surface area contributed by atoms with Gasteiger partial charge >= 0.3 is 0 Å². The van der Waals surface area contributed by atoms with Crippen LogP contribution in [0.1, 0.15) is 18.4 Å². The van der Waals surface area contributed by atoms with E-state index in [1.54, 1.807) is 29.3 Å². The highest BCUT2D eigenvalue weighted by molar-refractivity contribution is 7.98. The Morgan fingerprint density at radius 1 is 1.29 bits per heavy atom. The van der Waals surface area contributed by atoms with E-state index in [1.165, 1.54) is 5.56 Å². The zero-order chi connectivity index (χ0) is 16.2. The minimum atomic E-state index is 0.262. The first kappa shape index (κ1) is 15.8. The molecule has 24 heavy (non-hydrogen) atoms. The molecule has 7 heteroatoms. The smallest absolute Gasteiger partial charge is 0.191 e. The Morgan fingerprint density at radius 2 is 2.29 bits per heavy atom. The first-order chi connectivity index (χ1) is 11.9. The quantitative estimate of drug-likeness (QED) is 0.626. The number of thioether (sulfide) groups is 1. The fourth-order valence-electron chi connectivity index (χ4n) is 2.77. The summed E-state index contributed by atoms with van der Waals surface area (Å²) >= 11 is 3.39. The van der Waals surface area contributed by atoms with E-state index >= 15 is 0 Å². The lowest BCUT2D eigenvalue weighted by atomic mass is 10.2. The lowest BCUT2D eigenvalue weighted by Gasteiger charge is -2.14. The molecule has 0 amide bonds. The number of thiophene rings is 1. The molecule has 1 atom stereocenters. The minimum Gasteiger partial charge on any atom is -0.376 e. The maximum Gasteiger partial charge on any atom is 0.191 e. The molecule has 0 aliphatic carbocycles. The van der Waals surface area contributed by atoms with Crippen LogP contribution in [0.15, 0.2) is 47.2 Å². The number of hydrogen-bond acceptors (Lipinski definition) is 6.